The van der Waals surface area contributed by atoms with Crippen molar-refractivity contribution in [3.63, 3.8) is 0 Å². The maximum atomic E-state index is 8.97. The summed E-state index contributed by atoms with van der Waals surface area (Å²) in [5.74, 6) is 2.42. The molecule has 3 aromatic rings. The van der Waals surface area contributed by atoms with Gasteiger partial charge in [-0.15, -0.1) is 0 Å². The molecule has 35 heavy (non-hydrogen) atoms. The van der Waals surface area contributed by atoms with E-state index in [4.69, 9.17) is 14.6 Å². The molecule has 5 rings (SSSR count). The third-order valence-electron chi connectivity index (χ3n) is 7.28. The summed E-state index contributed by atoms with van der Waals surface area (Å²) in [5, 5.41) is 8.97. The quantitative estimate of drug-likeness (QED) is 0.361. The van der Waals surface area contributed by atoms with Crippen LogP contribution < -0.4 is 4.74 Å². The summed E-state index contributed by atoms with van der Waals surface area (Å²) in [6.07, 6.45) is 12.4. The third kappa shape index (κ3) is 5.75. The molecule has 3 aromatic carbocycles. The molecular formula is C32H34O3. The van der Waals surface area contributed by atoms with Crippen LogP contribution >= 0.6 is 0 Å². The summed E-state index contributed by atoms with van der Waals surface area (Å²) in [7, 11) is 0. The first-order valence-corrected chi connectivity index (χ1v) is 12.7. The highest BCUT2D eigenvalue weighted by atomic mass is 16.5. The van der Waals surface area contributed by atoms with E-state index in [2.05, 4.69) is 91.0 Å². The number of aliphatic hydroxyl groups is 1. The van der Waals surface area contributed by atoms with Gasteiger partial charge in [0.2, 0.25) is 0 Å². The number of ether oxygens (including phenoxy) is 2. The minimum absolute atomic E-state index is 0.0546. The Balaban J connectivity index is 1.40. The van der Waals surface area contributed by atoms with Gasteiger partial charge >= 0.3 is 0 Å². The Morgan fingerprint density at radius 3 is 2.46 bits per heavy atom. The Labute approximate surface area is 208 Å². The van der Waals surface area contributed by atoms with E-state index < -0.39 is 0 Å². The first kappa shape index (κ1) is 23.6. The molecule has 2 aliphatic carbocycles. The first-order chi connectivity index (χ1) is 17.3. The summed E-state index contributed by atoms with van der Waals surface area (Å²) in [6, 6.07) is 25.9. The van der Waals surface area contributed by atoms with Gasteiger partial charge in [0.05, 0.1) is 19.8 Å². The summed E-state index contributed by atoms with van der Waals surface area (Å²) >= 11 is 0. The Hall–Kier alpha value is -3.14. The van der Waals surface area contributed by atoms with Gasteiger partial charge in [-0.3, -0.25) is 0 Å². The van der Waals surface area contributed by atoms with Crippen molar-refractivity contribution in [2.24, 2.45) is 11.8 Å². The zero-order chi connectivity index (χ0) is 23.9. The molecule has 0 heterocycles. The highest BCUT2D eigenvalue weighted by molar-refractivity contribution is 5.45. The number of allylic oxidation sites excluding steroid dienone is 4. The Morgan fingerprint density at radius 2 is 1.69 bits per heavy atom. The van der Waals surface area contributed by atoms with E-state index in [1.807, 2.05) is 6.07 Å². The van der Waals surface area contributed by atoms with Gasteiger partial charge in [-0.2, -0.15) is 0 Å². The molecule has 0 saturated carbocycles. The van der Waals surface area contributed by atoms with E-state index in [-0.39, 0.29) is 6.61 Å². The van der Waals surface area contributed by atoms with E-state index in [9.17, 15) is 0 Å². The SMILES string of the molecule is OCCOCc1ccc([C@@H]2c3ccc(OCc4ccccc4)cc3CC[C@@H]2C2C=CC=CC2)cc1. The van der Waals surface area contributed by atoms with Crippen LogP contribution in [-0.2, 0) is 24.4 Å². The third-order valence-corrected chi connectivity index (χ3v) is 7.28. The lowest BCUT2D eigenvalue weighted by molar-refractivity contribution is 0.0815. The molecule has 0 bridgehead atoms. The number of rotatable bonds is 9. The molecule has 180 valence electrons. The van der Waals surface area contributed by atoms with E-state index in [0.717, 1.165) is 24.2 Å². The summed E-state index contributed by atoms with van der Waals surface area (Å²) in [4.78, 5) is 0. The predicted octanol–water partition coefficient (Wildman–Crippen LogP) is 6.60. The molecule has 0 saturated heterocycles. The summed E-state index contributed by atoms with van der Waals surface area (Å²) in [6.45, 7) is 1.55. The van der Waals surface area contributed by atoms with Crippen molar-refractivity contribution in [3.8, 4) is 5.75 Å². The standard InChI is InChI=1S/C32H34O3/c33-19-20-34-22-25-11-13-27(14-12-25)32-30(26-9-5-2-6-10-26)17-15-28-21-29(16-18-31(28)32)35-23-24-7-3-1-4-8-24/h1-9,11-14,16,18,21,26,30,32-33H,10,15,17,19-20,22-23H2/t26?,30-,32+/m1/s1. The van der Waals surface area contributed by atoms with Crippen LogP contribution in [0.15, 0.2) is 97.1 Å². The molecule has 0 aliphatic heterocycles. The van der Waals surface area contributed by atoms with Crippen molar-refractivity contribution in [1.29, 1.82) is 0 Å². The molecule has 1 unspecified atom stereocenters. The minimum Gasteiger partial charge on any atom is -0.489 e. The molecule has 3 heteroatoms. The molecule has 0 radical (unpaired) electrons. The predicted molar refractivity (Wildman–Crippen MR) is 140 cm³/mol. The highest BCUT2D eigenvalue weighted by Gasteiger charge is 2.35. The summed E-state index contributed by atoms with van der Waals surface area (Å²) in [5.41, 5.74) is 6.52. The topological polar surface area (TPSA) is 38.7 Å². The van der Waals surface area contributed by atoms with Gasteiger partial charge in [0.15, 0.2) is 0 Å². The maximum absolute atomic E-state index is 8.97. The molecule has 0 fully saturated rings. The smallest absolute Gasteiger partial charge is 0.120 e. The normalized spacial score (nSPS) is 21.0. The van der Waals surface area contributed by atoms with Crippen molar-refractivity contribution < 1.29 is 14.6 Å². The van der Waals surface area contributed by atoms with Crippen molar-refractivity contribution in [2.45, 2.75) is 38.4 Å². The van der Waals surface area contributed by atoms with E-state index in [1.54, 1.807) is 0 Å². The van der Waals surface area contributed by atoms with Gasteiger partial charge in [-0.25, -0.2) is 0 Å². The van der Waals surface area contributed by atoms with Gasteiger partial charge in [-0.1, -0.05) is 85.0 Å². The number of hydrogen-bond donors (Lipinski definition) is 1. The average Bonchev–Trinajstić information content (AvgIpc) is 2.93. The van der Waals surface area contributed by atoms with Crippen LogP contribution in [0.4, 0.5) is 0 Å². The molecule has 3 nitrogen and oxygen atoms in total. The van der Waals surface area contributed by atoms with Crippen LogP contribution in [0.25, 0.3) is 0 Å². The Bertz CT molecular complexity index is 1150. The second-order valence-electron chi connectivity index (χ2n) is 9.55. The van der Waals surface area contributed by atoms with Crippen molar-refractivity contribution in [2.75, 3.05) is 13.2 Å². The fraction of sp³-hybridized carbons (Fsp3) is 0.312. The van der Waals surface area contributed by atoms with Crippen molar-refractivity contribution in [3.05, 3.63) is 125 Å². The lowest BCUT2D eigenvalue weighted by Gasteiger charge is -2.38. The number of benzene rings is 3. The number of aryl methyl sites for hydroxylation is 1. The molecule has 0 amide bonds. The van der Waals surface area contributed by atoms with E-state index >= 15 is 0 Å². The average molecular weight is 467 g/mol. The molecular weight excluding hydrogens is 432 g/mol. The Kier molecular flexibility index (Phi) is 7.77. The van der Waals surface area contributed by atoms with Gasteiger partial charge in [0.25, 0.3) is 0 Å². The van der Waals surface area contributed by atoms with Crippen molar-refractivity contribution in [1.82, 2.24) is 0 Å². The second-order valence-corrected chi connectivity index (χ2v) is 9.55. The maximum Gasteiger partial charge on any atom is 0.120 e. The lowest BCUT2D eigenvalue weighted by atomic mass is 9.66. The van der Waals surface area contributed by atoms with E-state index in [1.165, 1.54) is 28.7 Å². The second kappa shape index (κ2) is 11.5. The van der Waals surface area contributed by atoms with Gasteiger partial charge in [-0.05, 0) is 71.0 Å². The minimum atomic E-state index is 0.0546. The number of fused-ring (bicyclic) bond motifs is 1. The number of hydrogen-bond acceptors (Lipinski definition) is 3. The Morgan fingerprint density at radius 1 is 0.857 bits per heavy atom. The monoisotopic (exact) mass is 466 g/mol. The van der Waals surface area contributed by atoms with Crippen LogP contribution in [0.1, 0.15) is 46.6 Å². The van der Waals surface area contributed by atoms with Crippen molar-refractivity contribution >= 4 is 0 Å². The van der Waals surface area contributed by atoms with Gasteiger partial charge in [0.1, 0.15) is 12.4 Å². The van der Waals surface area contributed by atoms with Gasteiger partial charge in [0, 0.05) is 5.92 Å². The fourth-order valence-electron chi connectivity index (χ4n) is 5.53. The molecule has 2 aliphatic rings. The zero-order valence-corrected chi connectivity index (χ0v) is 20.2. The molecule has 3 atom stereocenters. The largest absolute Gasteiger partial charge is 0.489 e. The molecule has 0 spiro atoms. The zero-order valence-electron chi connectivity index (χ0n) is 20.2. The van der Waals surface area contributed by atoms with Crippen LogP contribution in [0, 0.1) is 11.8 Å². The van der Waals surface area contributed by atoms with Crippen LogP contribution in [-0.4, -0.2) is 18.3 Å². The highest BCUT2D eigenvalue weighted by Crippen LogP contribution is 2.47. The summed E-state index contributed by atoms with van der Waals surface area (Å²) < 4.78 is 11.7. The van der Waals surface area contributed by atoms with E-state index in [0.29, 0.717) is 37.6 Å². The van der Waals surface area contributed by atoms with Gasteiger partial charge < -0.3 is 14.6 Å². The van der Waals surface area contributed by atoms with Crippen LogP contribution in [0.5, 0.6) is 5.75 Å². The first-order valence-electron chi connectivity index (χ1n) is 12.7. The lowest BCUT2D eigenvalue weighted by Crippen LogP contribution is -2.28. The fourth-order valence-corrected chi connectivity index (χ4v) is 5.53. The molecule has 0 aromatic heterocycles. The molecule has 1 N–H and O–H groups in total. The van der Waals surface area contributed by atoms with Crippen LogP contribution in [0.2, 0.25) is 0 Å². The number of aliphatic hydroxyl groups excluding tert-OH is 1. The van der Waals surface area contributed by atoms with Crippen LogP contribution in [0.3, 0.4) is 0 Å².